The first-order valence-corrected chi connectivity index (χ1v) is 14.9. The van der Waals surface area contributed by atoms with Gasteiger partial charge in [0.2, 0.25) is 0 Å². The normalized spacial score (nSPS) is 19.8. The van der Waals surface area contributed by atoms with E-state index in [9.17, 15) is 0 Å². The van der Waals surface area contributed by atoms with Gasteiger partial charge >= 0.3 is 0 Å². The van der Waals surface area contributed by atoms with Crippen LogP contribution in [0.25, 0.3) is 17.2 Å². The Kier molecular flexibility index (Phi) is 5.84. The number of hydrogen-bond acceptors (Lipinski definition) is 3. The van der Waals surface area contributed by atoms with Crippen molar-refractivity contribution < 1.29 is 4.74 Å². The van der Waals surface area contributed by atoms with Gasteiger partial charge in [-0.05, 0) is 74.9 Å². The summed E-state index contributed by atoms with van der Waals surface area (Å²) in [6.45, 7) is 2.81. The molecule has 2 aliphatic carbocycles. The average molecular weight is 533 g/mol. The molecule has 2 atom stereocenters. The number of aliphatic imine (C=N–C) groups is 1. The summed E-state index contributed by atoms with van der Waals surface area (Å²) in [6.07, 6.45) is 8.83. The highest BCUT2D eigenvalue weighted by molar-refractivity contribution is 5.93. The van der Waals surface area contributed by atoms with Gasteiger partial charge in [-0.25, -0.2) is 4.99 Å². The predicted octanol–water partition coefficient (Wildman–Crippen LogP) is 5.11. The summed E-state index contributed by atoms with van der Waals surface area (Å²) in [7, 11) is 0. The smallest absolute Gasteiger partial charge is 0.163 e. The Labute approximate surface area is 239 Å². The van der Waals surface area contributed by atoms with Gasteiger partial charge in [0.05, 0.1) is 17.6 Å². The monoisotopic (exact) mass is 532 g/mol. The Bertz CT molecular complexity index is 2120. The molecule has 8 rings (SSSR count). The molecule has 2 unspecified atom stereocenters. The lowest BCUT2D eigenvalue weighted by atomic mass is 9.78. The summed E-state index contributed by atoms with van der Waals surface area (Å²) in [5.41, 5.74) is 7.74. The minimum absolute atomic E-state index is 0.0569. The zero-order chi connectivity index (χ0) is 27.3. The highest BCUT2D eigenvalue weighted by atomic mass is 16.5. The quantitative estimate of drug-likeness (QED) is 0.352. The fourth-order valence-corrected chi connectivity index (χ4v) is 7.23. The molecule has 41 heavy (non-hydrogen) atoms. The van der Waals surface area contributed by atoms with Crippen LogP contribution in [-0.2, 0) is 17.8 Å². The second-order valence-corrected chi connectivity index (χ2v) is 11.4. The van der Waals surface area contributed by atoms with Gasteiger partial charge in [-0.1, -0.05) is 97.9 Å². The Morgan fingerprint density at radius 2 is 1.56 bits per heavy atom. The van der Waals surface area contributed by atoms with Crippen LogP contribution >= 0.6 is 0 Å². The third-order valence-electron chi connectivity index (χ3n) is 9.11. The van der Waals surface area contributed by atoms with Crippen LogP contribution in [-0.4, -0.2) is 12.3 Å². The first-order valence-electron chi connectivity index (χ1n) is 14.9. The lowest BCUT2D eigenvalue weighted by molar-refractivity contribution is 0.216. The van der Waals surface area contributed by atoms with E-state index in [0.29, 0.717) is 12.5 Å². The number of rotatable bonds is 5. The molecule has 4 aromatic rings. The summed E-state index contributed by atoms with van der Waals surface area (Å²) >= 11 is 0. The number of hydrogen-bond donors (Lipinski definition) is 0. The number of dihydropyridines is 1. The van der Waals surface area contributed by atoms with Crippen LogP contribution in [0.1, 0.15) is 48.8 Å². The molecule has 0 amide bonds. The minimum Gasteiger partial charge on any atom is -0.485 e. The fraction of sp³-hybridized carbons (Fsp3) is 0.211. The number of allylic oxidation sites excluding steroid dienone is 1. The van der Waals surface area contributed by atoms with E-state index in [0.717, 1.165) is 48.1 Å². The van der Waals surface area contributed by atoms with Crippen molar-refractivity contribution in [3.05, 3.63) is 151 Å². The van der Waals surface area contributed by atoms with Gasteiger partial charge in [0.25, 0.3) is 0 Å². The second-order valence-electron chi connectivity index (χ2n) is 11.4. The Hall–Kier alpha value is -4.50. The van der Waals surface area contributed by atoms with Crippen molar-refractivity contribution in [2.45, 2.75) is 51.2 Å². The Balaban J connectivity index is 1.32. The number of fused-ring (bicyclic) bond motifs is 6. The molecule has 0 saturated carbocycles. The van der Waals surface area contributed by atoms with Crippen LogP contribution in [0.4, 0.5) is 0 Å². The average Bonchev–Trinajstić information content (AvgIpc) is 3.43. The van der Waals surface area contributed by atoms with E-state index in [1.165, 1.54) is 48.4 Å². The molecule has 0 fully saturated rings. The molecule has 4 aromatic carbocycles. The molecule has 3 heteroatoms. The van der Waals surface area contributed by atoms with Crippen molar-refractivity contribution in [1.82, 2.24) is 0 Å². The van der Waals surface area contributed by atoms with Crippen LogP contribution in [0, 0.1) is 10.4 Å². The van der Waals surface area contributed by atoms with Crippen LogP contribution in [0.3, 0.4) is 0 Å². The number of ether oxygens (including phenoxy) is 1. The first-order chi connectivity index (χ1) is 20.3. The molecule has 200 valence electrons. The van der Waals surface area contributed by atoms with Crippen LogP contribution in [0.2, 0.25) is 0 Å². The Morgan fingerprint density at radius 1 is 0.780 bits per heavy atom. The maximum Gasteiger partial charge on any atom is 0.163 e. The Morgan fingerprint density at radius 3 is 2.44 bits per heavy atom. The molecular formula is C38H32N2O. The van der Waals surface area contributed by atoms with E-state index in [1.54, 1.807) is 0 Å². The van der Waals surface area contributed by atoms with E-state index in [4.69, 9.17) is 14.7 Å². The van der Waals surface area contributed by atoms with Crippen molar-refractivity contribution in [2.75, 3.05) is 0 Å². The highest BCUT2D eigenvalue weighted by Crippen LogP contribution is 2.37. The zero-order valence-corrected chi connectivity index (χ0v) is 23.3. The zero-order valence-electron chi connectivity index (χ0n) is 23.3. The largest absolute Gasteiger partial charge is 0.485 e. The highest BCUT2D eigenvalue weighted by Gasteiger charge is 2.33. The first kappa shape index (κ1) is 24.3. The fourth-order valence-electron chi connectivity index (χ4n) is 7.23. The van der Waals surface area contributed by atoms with Gasteiger partial charge < -0.3 is 4.74 Å². The van der Waals surface area contributed by atoms with Gasteiger partial charge in [0.1, 0.15) is 12.3 Å². The maximum atomic E-state index is 6.36. The van der Waals surface area contributed by atoms with Crippen molar-refractivity contribution in [2.24, 2.45) is 9.98 Å². The van der Waals surface area contributed by atoms with Crippen molar-refractivity contribution in [3.63, 3.8) is 0 Å². The maximum absolute atomic E-state index is 6.36. The van der Waals surface area contributed by atoms with E-state index in [2.05, 4.69) is 85.8 Å². The van der Waals surface area contributed by atoms with Gasteiger partial charge in [0, 0.05) is 16.7 Å². The molecule has 0 N–H and O–H groups in total. The standard InChI is InChI=1S/C38H32N2O/c1-2-25-21-26-13-6-7-14-27(26)30-20-19-28-29(35(25)30)16-10-17-31(28)37-36-32-15-8-9-18-33(32)40-38(36)34(22-39-37)41-23-24-11-4-3-5-12-24/h3-9,11-15,18-22,25,37H,2,10,16-17,23H2,1H3. The van der Waals surface area contributed by atoms with Crippen molar-refractivity contribution >= 4 is 23.4 Å². The van der Waals surface area contributed by atoms with E-state index in [-0.39, 0.29) is 6.04 Å². The van der Waals surface area contributed by atoms with Gasteiger partial charge in [0.15, 0.2) is 5.76 Å². The summed E-state index contributed by atoms with van der Waals surface area (Å²) in [5, 5.41) is 7.72. The third kappa shape index (κ3) is 3.94. The molecule has 0 aromatic heterocycles. The molecule has 2 heterocycles. The topological polar surface area (TPSA) is 34.0 Å². The molecule has 3 nitrogen and oxygen atoms in total. The van der Waals surface area contributed by atoms with Crippen molar-refractivity contribution in [1.29, 1.82) is 0 Å². The van der Waals surface area contributed by atoms with E-state index >= 15 is 0 Å². The van der Waals surface area contributed by atoms with Crippen LogP contribution in [0.15, 0.2) is 112 Å². The summed E-state index contributed by atoms with van der Waals surface area (Å²) < 4.78 is 6.36. The van der Waals surface area contributed by atoms with Gasteiger partial charge in [-0.2, -0.15) is 0 Å². The van der Waals surface area contributed by atoms with Gasteiger partial charge in [-0.3, -0.25) is 4.99 Å². The summed E-state index contributed by atoms with van der Waals surface area (Å²) in [6, 6.07) is 32.4. The van der Waals surface area contributed by atoms with Crippen LogP contribution < -0.4 is 21.0 Å². The molecule has 4 aliphatic rings. The van der Waals surface area contributed by atoms with E-state index in [1.807, 2.05) is 24.4 Å². The lowest BCUT2D eigenvalue weighted by Gasteiger charge is -2.29. The van der Waals surface area contributed by atoms with Crippen LogP contribution in [0.5, 0.6) is 0 Å². The molecule has 2 aliphatic heterocycles. The summed E-state index contributed by atoms with van der Waals surface area (Å²) in [4.78, 5) is 10.3. The second kappa shape index (κ2) is 9.85. The molecule has 0 radical (unpaired) electrons. The number of nitrogens with zero attached hydrogens (tertiary/aromatic N) is 2. The van der Waals surface area contributed by atoms with E-state index < -0.39 is 0 Å². The molecule has 0 spiro atoms. The van der Waals surface area contributed by atoms with Crippen molar-refractivity contribution in [3.8, 4) is 0 Å². The molecule has 0 bridgehead atoms. The molecular weight excluding hydrogens is 500 g/mol. The lowest BCUT2D eigenvalue weighted by Crippen LogP contribution is -2.32. The van der Waals surface area contributed by atoms with Gasteiger partial charge in [-0.15, -0.1) is 0 Å². The SMILES string of the molecule is CCC1C=c2ccccc2=c2ccc3c(c21)CCCC=3C1N=CC(OCc2ccccc2)=C2N=c3ccccc3=C21. The third-order valence-corrected chi connectivity index (χ3v) is 9.11. The molecule has 0 saturated heterocycles. The minimum atomic E-state index is -0.0569. The number of para-hydroxylation sites is 1. The number of benzene rings is 4. The summed E-state index contributed by atoms with van der Waals surface area (Å²) in [5.74, 6) is 1.20. The predicted molar refractivity (Wildman–Crippen MR) is 165 cm³/mol.